The highest BCUT2D eigenvalue weighted by Gasteiger charge is 2.35. The smallest absolute Gasteiger partial charge is 0.288 e. The van der Waals surface area contributed by atoms with Crippen LogP contribution in [-0.4, -0.2) is 35.3 Å². The number of aromatic nitrogens is 6. The van der Waals surface area contributed by atoms with E-state index in [1.807, 2.05) is 0 Å². The van der Waals surface area contributed by atoms with Crippen LogP contribution in [0.5, 0.6) is 0 Å². The van der Waals surface area contributed by atoms with Gasteiger partial charge in [-0.15, -0.1) is 0 Å². The van der Waals surface area contributed by atoms with Crippen LogP contribution >= 0.6 is 23.2 Å². The number of fused-ring (bicyclic) bond motifs is 2. The quantitative estimate of drug-likeness (QED) is 0.310. The fourth-order valence-electron chi connectivity index (χ4n) is 3.54. The van der Waals surface area contributed by atoms with Gasteiger partial charge in [-0.05, 0) is 22.6 Å². The predicted molar refractivity (Wildman–Crippen MR) is 112 cm³/mol. The first-order chi connectivity index (χ1) is 14.9. The van der Waals surface area contributed by atoms with Crippen molar-refractivity contribution in [2.24, 2.45) is 0 Å². The molecule has 0 saturated heterocycles. The summed E-state index contributed by atoms with van der Waals surface area (Å²) in [6.07, 6.45) is 0. The second kappa shape index (κ2) is 7.15. The Morgan fingerprint density at radius 2 is 2.00 bits per heavy atom. The molecule has 1 aliphatic heterocycles. The highest BCUT2D eigenvalue weighted by atomic mass is 35.5. The summed E-state index contributed by atoms with van der Waals surface area (Å²) >= 11 is 12.5. The lowest BCUT2D eigenvalue weighted by molar-refractivity contribution is -0.384. The van der Waals surface area contributed by atoms with E-state index in [2.05, 4.69) is 31.0 Å². The van der Waals surface area contributed by atoms with E-state index >= 15 is 0 Å². The Bertz CT molecular complexity index is 1420. The summed E-state index contributed by atoms with van der Waals surface area (Å²) in [5.41, 5.74) is 1.25. The third-order valence-corrected chi connectivity index (χ3v) is 5.42. The molecule has 13 heteroatoms. The molecule has 1 aliphatic rings. The number of non-ortho nitro benzene ring substituents is 1. The van der Waals surface area contributed by atoms with E-state index < -0.39 is 16.5 Å². The SMILES string of the molecule is O=c1[nH]nc(-c2cccc([N+](=O)[O-])c2)c2c1Nc1nnnn1[C@H]2c1ccc(Cl)cc1Cl. The van der Waals surface area contributed by atoms with Gasteiger partial charge in [0, 0.05) is 38.9 Å². The fraction of sp³-hybridized carbons (Fsp3) is 0.0556. The second-order valence-corrected chi connectivity index (χ2v) is 7.48. The second-order valence-electron chi connectivity index (χ2n) is 6.64. The molecule has 5 rings (SSSR count). The molecule has 0 unspecified atom stereocenters. The summed E-state index contributed by atoms with van der Waals surface area (Å²) in [5.74, 6) is 0.227. The minimum atomic E-state index is -0.741. The van der Waals surface area contributed by atoms with Crippen molar-refractivity contribution in [1.29, 1.82) is 0 Å². The van der Waals surface area contributed by atoms with Crippen molar-refractivity contribution in [3.05, 3.63) is 84.1 Å². The lowest BCUT2D eigenvalue weighted by Crippen LogP contribution is -2.29. The van der Waals surface area contributed by atoms with Gasteiger partial charge in [0.15, 0.2) is 0 Å². The summed E-state index contributed by atoms with van der Waals surface area (Å²) in [5, 5.41) is 33.2. The summed E-state index contributed by atoms with van der Waals surface area (Å²) in [7, 11) is 0. The number of halogens is 2. The molecule has 2 N–H and O–H groups in total. The van der Waals surface area contributed by atoms with Crippen LogP contribution in [0.1, 0.15) is 17.2 Å². The predicted octanol–water partition coefficient (Wildman–Crippen LogP) is 3.33. The van der Waals surface area contributed by atoms with Crippen molar-refractivity contribution in [3.8, 4) is 11.3 Å². The normalized spacial score (nSPS) is 14.5. The molecular weight excluding hydrogens is 447 g/mol. The van der Waals surface area contributed by atoms with E-state index in [0.29, 0.717) is 32.4 Å². The minimum Gasteiger partial charge on any atom is -0.318 e. The number of nitro groups is 1. The highest BCUT2D eigenvalue weighted by Crippen LogP contribution is 2.43. The number of anilines is 2. The Balaban J connectivity index is 1.83. The molecule has 0 radical (unpaired) electrons. The van der Waals surface area contributed by atoms with Gasteiger partial charge in [0.1, 0.15) is 11.7 Å². The molecule has 154 valence electrons. The van der Waals surface area contributed by atoms with E-state index in [9.17, 15) is 14.9 Å². The van der Waals surface area contributed by atoms with Crippen molar-refractivity contribution in [2.45, 2.75) is 6.04 Å². The van der Waals surface area contributed by atoms with E-state index in [1.165, 1.54) is 22.9 Å². The van der Waals surface area contributed by atoms with E-state index in [4.69, 9.17) is 23.2 Å². The van der Waals surface area contributed by atoms with Gasteiger partial charge in [-0.2, -0.15) is 9.78 Å². The number of H-pyrrole nitrogens is 1. The third-order valence-electron chi connectivity index (χ3n) is 4.86. The van der Waals surface area contributed by atoms with Gasteiger partial charge in [-0.1, -0.05) is 46.5 Å². The lowest BCUT2D eigenvalue weighted by atomic mass is 9.92. The molecule has 0 fully saturated rings. The molecule has 0 aliphatic carbocycles. The Morgan fingerprint density at radius 1 is 1.16 bits per heavy atom. The molecule has 3 heterocycles. The van der Waals surface area contributed by atoms with E-state index in [0.717, 1.165) is 0 Å². The molecule has 11 nitrogen and oxygen atoms in total. The van der Waals surface area contributed by atoms with Crippen LogP contribution in [0.25, 0.3) is 11.3 Å². The van der Waals surface area contributed by atoms with E-state index in [1.54, 1.807) is 24.3 Å². The zero-order valence-corrected chi connectivity index (χ0v) is 16.8. The van der Waals surface area contributed by atoms with Crippen LogP contribution in [0, 0.1) is 10.1 Å². The maximum Gasteiger partial charge on any atom is 0.288 e. The molecule has 0 amide bonds. The first-order valence-corrected chi connectivity index (χ1v) is 9.57. The Hall–Kier alpha value is -3.83. The summed E-state index contributed by atoms with van der Waals surface area (Å²) in [6.45, 7) is 0. The monoisotopic (exact) mass is 456 g/mol. The number of tetrazole rings is 1. The Labute approximate surface area is 182 Å². The first kappa shape index (κ1) is 19.2. The minimum absolute atomic E-state index is 0.118. The van der Waals surface area contributed by atoms with Crippen molar-refractivity contribution < 1.29 is 4.92 Å². The molecular formula is C18H10Cl2N8O3. The maximum atomic E-state index is 12.6. The number of rotatable bonds is 3. The molecule has 0 bridgehead atoms. The molecule has 0 spiro atoms. The van der Waals surface area contributed by atoms with Crippen molar-refractivity contribution in [2.75, 3.05) is 5.32 Å². The van der Waals surface area contributed by atoms with Crippen molar-refractivity contribution in [3.63, 3.8) is 0 Å². The van der Waals surface area contributed by atoms with Crippen LogP contribution < -0.4 is 10.9 Å². The number of benzene rings is 2. The summed E-state index contributed by atoms with van der Waals surface area (Å²) < 4.78 is 1.46. The number of nitrogens with one attached hydrogen (secondary N) is 2. The number of nitro benzene ring substituents is 1. The van der Waals surface area contributed by atoms with Crippen LogP contribution in [0.15, 0.2) is 47.3 Å². The van der Waals surface area contributed by atoms with Gasteiger partial charge < -0.3 is 5.32 Å². The summed E-state index contributed by atoms with van der Waals surface area (Å²) in [4.78, 5) is 23.4. The van der Waals surface area contributed by atoms with Crippen LogP contribution in [0.4, 0.5) is 17.3 Å². The molecule has 2 aromatic carbocycles. The molecule has 31 heavy (non-hydrogen) atoms. The topological polar surface area (TPSA) is 145 Å². The molecule has 2 aromatic heterocycles. The lowest BCUT2D eigenvalue weighted by Gasteiger charge is -2.28. The molecule has 0 saturated carbocycles. The van der Waals surface area contributed by atoms with Crippen LogP contribution in [0.3, 0.4) is 0 Å². The van der Waals surface area contributed by atoms with Gasteiger partial charge in [-0.3, -0.25) is 14.9 Å². The van der Waals surface area contributed by atoms with Gasteiger partial charge in [0.2, 0.25) is 5.95 Å². The number of hydrogen-bond acceptors (Lipinski definition) is 8. The van der Waals surface area contributed by atoms with E-state index in [-0.39, 0.29) is 17.3 Å². The highest BCUT2D eigenvalue weighted by molar-refractivity contribution is 6.35. The zero-order valence-electron chi connectivity index (χ0n) is 15.3. The van der Waals surface area contributed by atoms with Gasteiger partial charge in [0.25, 0.3) is 11.2 Å². The summed E-state index contributed by atoms with van der Waals surface area (Å²) in [6, 6.07) is 10.1. The van der Waals surface area contributed by atoms with Crippen molar-refractivity contribution >= 4 is 40.5 Å². The fourth-order valence-corrected chi connectivity index (χ4v) is 4.05. The van der Waals surface area contributed by atoms with Gasteiger partial charge in [-0.25, -0.2) is 5.10 Å². The average molecular weight is 457 g/mol. The van der Waals surface area contributed by atoms with Gasteiger partial charge >= 0.3 is 0 Å². The third kappa shape index (κ3) is 3.10. The van der Waals surface area contributed by atoms with Crippen LogP contribution in [-0.2, 0) is 0 Å². The Kier molecular flexibility index (Phi) is 4.41. The molecule has 4 aromatic rings. The standard InChI is InChI=1S/C18H10Cl2N8O3/c19-9-4-5-11(12(20)7-9)16-13-14(8-2-1-3-10(6-8)28(30)31)22-23-17(29)15(13)21-18-24-25-26-27(16)18/h1-7,16H,(H,23,29)(H,21,24,26)/t16-/m0/s1. The van der Waals surface area contributed by atoms with Crippen LogP contribution in [0.2, 0.25) is 10.0 Å². The number of nitrogens with zero attached hydrogens (tertiary/aromatic N) is 6. The van der Waals surface area contributed by atoms with Gasteiger partial charge in [0.05, 0.1) is 10.6 Å². The first-order valence-electron chi connectivity index (χ1n) is 8.81. The maximum absolute atomic E-state index is 12.6. The number of aromatic amines is 1. The average Bonchev–Trinajstić information content (AvgIpc) is 3.22. The Morgan fingerprint density at radius 3 is 2.77 bits per heavy atom. The largest absolute Gasteiger partial charge is 0.318 e. The number of hydrogen-bond donors (Lipinski definition) is 2. The molecule has 1 atom stereocenters. The zero-order chi connectivity index (χ0) is 21.7. The van der Waals surface area contributed by atoms with Crippen molar-refractivity contribution in [1.82, 2.24) is 30.4 Å².